The number of amides is 1. The molecule has 1 N–H and O–H groups in total. The second-order valence-electron chi connectivity index (χ2n) is 5.97. The number of aromatic nitrogens is 1. The van der Waals surface area contributed by atoms with E-state index in [-0.39, 0.29) is 11.8 Å². The third-order valence-electron chi connectivity index (χ3n) is 4.34. The molecule has 5 heteroatoms. The molecule has 0 aliphatic carbocycles. The molecule has 0 unspecified atom stereocenters. The summed E-state index contributed by atoms with van der Waals surface area (Å²) in [5, 5.41) is 3.18. The molecule has 5 nitrogen and oxygen atoms in total. The van der Waals surface area contributed by atoms with Crippen LogP contribution in [0.1, 0.15) is 25.0 Å². The summed E-state index contributed by atoms with van der Waals surface area (Å²) in [5.41, 5.74) is 1.05. The Morgan fingerprint density at radius 1 is 1.33 bits per heavy atom. The van der Waals surface area contributed by atoms with Crippen molar-refractivity contribution in [1.29, 1.82) is 0 Å². The fourth-order valence-electron chi connectivity index (χ4n) is 3.02. The lowest BCUT2D eigenvalue weighted by molar-refractivity contribution is -0.125. The summed E-state index contributed by atoms with van der Waals surface area (Å²) in [5.74, 6) is 1.27. The Bertz CT molecular complexity index is 492. The molecule has 21 heavy (non-hydrogen) atoms. The maximum Gasteiger partial charge on any atom is 0.225 e. The number of hydrogen-bond acceptors (Lipinski definition) is 4. The fourth-order valence-corrected chi connectivity index (χ4v) is 3.02. The molecular formula is C16H23N3O2. The monoisotopic (exact) mass is 289 g/mol. The lowest BCUT2D eigenvalue weighted by Gasteiger charge is -2.33. The Hall–Kier alpha value is -1.62. The summed E-state index contributed by atoms with van der Waals surface area (Å²) in [6.45, 7) is 5.21. The van der Waals surface area contributed by atoms with Crippen LogP contribution >= 0.6 is 0 Å². The van der Waals surface area contributed by atoms with Gasteiger partial charge in [0.15, 0.2) is 0 Å². The number of nitrogens with one attached hydrogen (secondary N) is 1. The van der Waals surface area contributed by atoms with Gasteiger partial charge in [0.25, 0.3) is 0 Å². The number of carbonyl (C=O) groups is 1. The number of carbonyl (C=O) groups excluding carboxylic acids is 1. The summed E-state index contributed by atoms with van der Waals surface area (Å²) < 4.78 is 5.28. The van der Waals surface area contributed by atoms with E-state index in [4.69, 9.17) is 4.74 Å². The number of hydrogen-bond donors (Lipinski definition) is 1. The highest BCUT2D eigenvalue weighted by Gasteiger charge is 2.27. The van der Waals surface area contributed by atoms with E-state index in [1.165, 1.54) is 0 Å². The molecule has 0 aromatic carbocycles. The Balaban J connectivity index is 1.49. The molecule has 0 radical (unpaired) electrons. The molecule has 1 amide bonds. The Morgan fingerprint density at radius 3 is 2.81 bits per heavy atom. The van der Waals surface area contributed by atoms with Crippen molar-refractivity contribution < 1.29 is 9.53 Å². The van der Waals surface area contributed by atoms with Crippen LogP contribution in [-0.4, -0.2) is 43.2 Å². The molecule has 1 atom stereocenters. The number of aryl methyl sites for hydroxylation is 1. The quantitative estimate of drug-likeness (QED) is 0.916. The average molecular weight is 289 g/mol. The maximum absolute atomic E-state index is 12.1. The van der Waals surface area contributed by atoms with Crippen molar-refractivity contribution in [3.8, 4) is 0 Å². The molecule has 2 aliphatic heterocycles. The lowest BCUT2D eigenvalue weighted by Crippen LogP contribution is -2.46. The maximum atomic E-state index is 12.1. The number of nitrogens with zero attached hydrogens (tertiary/aromatic N) is 2. The van der Waals surface area contributed by atoms with E-state index in [2.05, 4.69) is 21.3 Å². The predicted molar refractivity (Wildman–Crippen MR) is 81.3 cm³/mol. The SMILES string of the molecule is Cc1cccc(N2CCC(NC(=O)[C@@H]3CCOC3)CC2)n1. The highest BCUT2D eigenvalue weighted by molar-refractivity contribution is 5.79. The van der Waals surface area contributed by atoms with E-state index >= 15 is 0 Å². The summed E-state index contributed by atoms with van der Waals surface area (Å²) in [4.78, 5) is 19.0. The summed E-state index contributed by atoms with van der Waals surface area (Å²) in [7, 11) is 0. The van der Waals surface area contributed by atoms with Gasteiger partial charge in [-0.25, -0.2) is 4.98 Å². The van der Waals surface area contributed by atoms with Gasteiger partial charge in [-0.3, -0.25) is 4.79 Å². The summed E-state index contributed by atoms with van der Waals surface area (Å²) >= 11 is 0. The molecule has 0 spiro atoms. The molecule has 0 bridgehead atoms. The van der Waals surface area contributed by atoms with Crippen molar-refractivity contribution in [3.63, 3.8) is 0 Å². The molecule has 0 saturated carbocycles. The van der Waals surface area contributed by atoms with Crippen molar-refractivity contribution in [1.82, 2.24) is 10.3 Å². The summed E-state index contributed by atoms with van der Waals surface area (Å²) in [6, 6.07) is 6.41. The van der Waals surface area contributed by atoms with Crippen LogP contribution in [0.3, 0.4) is 0 Å². The third kappa shape index (κ3) is 3.53. The van der Waals surface area contributed by atoms with Gasteiger partial charge in [-0.15, -0.1) is 0 Å². The molecule has 2 aliphatic rings. The van der Waals surface area contributed by atoms with Crippen molar-refractivity contribution >= 4 is 11.7 Å². The minimum atomic E-state index is 0.0569. The van der Waals surface area contributed by atoms with E-state index in [9.17, 15) is 4.79 Å². The number of rotatable bonds is 3. The predicted octanol–water partition coefficient (Wildman–Crippen LogP) is 1.51. The standard InChI is InChI=1S/C16H23N3O2/c1-12-3-2-4-15(17-12)19-8-5-14(6-9-19)18-16(20)13-7-10-21-11-13/h2-4,13-14H,5-11H2,1H3,(H,18,20)/t13-/m1/s1. The smallest absolute Gasteiger partial charge is 0.225 e. The molecule has 1 aromatic heterocycles. The zero-order valence-electron chi connectivity index (χ0n) is 12.5. The van der Waals surface area contributed by atoms with Gasteiger partial charge in [0.05, 0.1) is 12.5 Å². The van der Waals surface area contributed by atoms with Gasteiger partial charge in [-0.2, -0.15) is 0 Å². The second-order valence-corrected chi connectivity index (χ2v) is 5.97. The minimum absolute atomic E-state index is 0.0569. The highest BCUT2D eigenvalue weighted by Crippen LogP contribution is 2.19. The molecule has 3 rings (SSSR count). The van der Waals surface area contributed by atoms with Crippen LogP contribution in [0.4, 0.5) is 5.82 Å². The van der Waals surface area contributed by atoms with Crippen molar-refractivity contribution in [2.75, 3.05) is 31.2 Å². The van der Waals surface area contributed by atoms with Gasteiger partial charge in [0.2, 0.25) is 5.91 Å². The first kappa shape index (κ1) is 14.3. The van der Waals surface area contributed by atoms with E-state index in [0.717, 1.165) is 50.5 Å². The van der Waals surface area contributed by atoms with Gasteiger partial charge < -0.3 is 15.0 Å². The van der Waals surface area contributed by atoms with Crippen LogP contribution in [0.2, 0.25) is 0 Å². The Labute approximate surface area is 125 Å². The normalized spacial score (nSPS) is 23.3. The van der Waals surface area contributed by atoms with Crippen LogP contribution in [-0.2, 0) is 9.53 Å². The number of piperidine rings is 1. The Kier molecular flexibility index (Phi) is 4.39. The van der Waals surface area contributed by atoms with Crippen LogP contribution in [0.5, 0.6) is 0 Å². The Morgan fingerprint density at radius 2 is 2.14 bits per heavy atom. The van der Waals surface area contributed by atoms with E-state index in [0.29, 0.717) is 12.6 Å². The first-order valence-electron chi connectivity index (χ1n) is 7.79. The van der Waals surface area contributed by atoms with Crippen molar-refractivity contribution in [2.45, 2.75) is 32.2 Å². The fraction of sp³-hybridized carbons (Fsp3) is 0.625. The van der Waals surface area contributed by atoms with Crippen LogP contribution in [0.25, 0.3) is 0 Å². The second kappa shape index (κ2) is 6.43. The average Bonchev–Trinajstić information content (AvgIpc) is 3.02. The van der Waals surface area contributed by atoms with E-state index in [1.807, 2.05) is 19.1 Å². The van der Waals surface area contributed by atoms with Gasteiger partial charge in [0.1, 0.15) is 5.82 Å². The molecular weight excluding hydrogens is 266 g/mol. The molecule has 3 heterocycles. The zero-order valence-corrected chi connectivity index (χ0v) is 12.5. The van der Waals surface area contributed by atoms with Crippen LogP contribution < -0.4 is 10.2 Å². The lowest BCUT2D eigenvalue weighted by atomic mass is 10.0. The van der Waals surface area contributed by atoms with Crippen LogP contribution in [0.15, 0.2) is 18.2 Å². The van der Waals surface area contributed by atoms with E-state index < -0.39 is 0 Å². The number of ether oxygens (including phenoxy) is 1. The van der Waals surface area contributed by atoms with Gasteiger partial charge >= 0.3 is 0 Å². The molecule has 1 aromatic rings. The van der Waals surface area contributed by atoms with E-state index in [1.54, 1.807) is 0 Å². The molecule has 114 valence electrons. The van der Waals surface area contributed by atoms with Gasteiger partial charge in [0, 0.05) is 31.4 Å². The largest absolute Gasteiger partial charge is 0.381 e. The molecule has 2 fully saturated rings. The topological polar surface area (TPSA) is 54.5 Å². The minimum Gasteiger partial charge on any atom is -0.381 e. The number of anilines is 1. The van der Waals surface area contributed by atoms with Crippen LogP contribution in [0, 0.1) is 12.8 Å². The van der Waals surface area contributed by atoms with Gasteiger partial charge in [-0.1, -0.05) is 6.07 Å². The van der Waals surface area contributed by atoms with Crippen molar-refractivity contribution in [3.05, 3.63) is 23.9 Å². The van der Waals surface area contributed by atoms with Gasteiger partial charge in [-0.05, 0) is 38.3 Å². The first-order chi connectivity index (χ1) is 10.2. The van der Waals surface area contributed by atoms with Crippen molar-refractivity contribution in [2.24, 2.45) is 5.92 Å². The number of pyridine rings is 1. The zero-order chi connectivity index (χ0) is 14.7. The highest BCUT2D eigenvalue weighted by atomic mass is 16.5. The first-order valence-corrected chi connectivity index (χ1v) is 7.79. The third-order valence-corrected chi connectivity index (χ3v) is 4.34. The molecule has 2 saturated heterocycles. The summed E-state index contributed by atoms with van der Waals surface area (Å²) in [6.07, 6.45) is 2.82.